The van der Waals surface area contributed by atoms with Gasteiger partial charge in [0.1, 0.15) is 59.4 Å². The molecule has 15 nitrogen and oxygen atoms in total. The van der Waals surface area contributed by atoms with Crippen molar-refractivity contribution in [1.29, 1.82) is 0 Å². The smallest absolute Gasteiger partial charge is 0.320 e. The number of ether oxygens (including phenoxy) is 1. The molecule has 0 saturated carbocycles. The Morgan fingerprint density at radius 2 is 1.82 bits per heavy atom. The van der Waals surface area contributed by atoms with Crippen molar-refractivity contribution in [1.82, 2.24) is 19.5 Å². The fraction of sp³-hybridized carbons (Fsp3) is 0.417. The van der Waals surface area contributed by atoms with Crippen LogP contribution in [0.25, 0.3) is 11.2 Å². The predicted molar refractivity (Wildman–Crippen MR) is 141 cm³/mol. The molecule has 1 aliphatic heterocycles. The maximum Gasteiger partial charge on any atom is 0.320 e. The number of benzene rings is 1. The maximum atomic E-state index is 10.8. The summed E-state index contributed by atoms with van der Waals surface area (Å²) in [5.41, 5.74) is 12.6. The second-order valence-corrected chi connectivity index (χ2v) is 11.4. The number of hydrogen-bond donors (Lipinski definition) is 6. The summed E-state index contributed by atoms with van der Waals surface area (Å²) in [5, 5.41) is 48.6. The summed E-state index contributed by atoms with van der Waals surface area (Å²) in [6.45, 7) is 0. The number of carbonyl (C=O) groups excluding carboxylic acids is 2. The number of aromatic nitrogens is 4. The lowest BCUT2D eigenvalue weighted by molar-refractivity contribution is -0.299. The third-order valence-electron chi connectivity index (χ3n) is 6.07. The van der Waals surface area contributed by atoms with Gasteiger partial charge in [0, 0.05) is 12.8 Å². The summed E-state index contributed by atoms with van der Waals surface area (Å²) in [5.74, 6) is -2.33. The monoisotopic (exact) mass is 578 g/mol. The van der Waals surface area contributed by atoms with E-state index in [-0.39, 0.29) is 28.9 Å². The van der Waals surface area contributed by atoms with E-state index in [1.165, 1.54) is 41.5 Å². The Balaban J connectivity index is 0.000000285. The molecule has 0 bridgehead atoms. The number of anilines is 1. The standard InChI is InChI=1S/C15H22N6O5S.C9H8O4/c1-27(3-2-7(16)15(24)25)4-8-10(22)11(23)14(26-8)21-6-20-9-12(17)18-5-19-13(9)21;10-7-3-1-6(2-4-7)5-8(11)9(12)13/h5-8,10-11,14,22-23H,2-4,16H2,1H3,(H2-,17,18,19,24,25);1-4,10H,5H2,(H,12,13)/t7-,8+,10+,11+,14+,27?;/m0./s1. The van der Waals surface area contributed by atoms with Gasteiger partial charge in [0.2, 0.25) is 0 Å². The summed E-state index contributed by atoms with van der Waals surface area (Å²) in [7, 11) is -0.235. The first-order valence-corrected chi connectivity index (χ1v) is 13.9. The van der Waals surface area contributed by atoms with Crippen molar-refractivity contribution in [3.05, 3.63) is 42.5 Å². The van der Waals surface area contributed by atoms with E-state index in [4.69, 9.17) is 26.4 Å². The molecule has 40 heavy (non-hydrogen) atoms. The number of carboxylic acid groups (broad SMARTS) is 2. The summed E-state index contributed by atoms with van der Waals surface area (Å²) in [6, 6.07) is 4.83. The number of aliphatic hydroxyl groups excluding tert-OH is 2. The Kier molecular flexibility index (Phi) is 10.4. The summed E-state index contributed by atoms with van der Waals surface area (Å²) in [6.07, 6.45) is 1.10. The van der Waals surface area contributed by atoms with Crippen molar-refractivity contribution in [2.45, 2.75) is 43.4 Å². The van der Waals surface area contributed by atoms with Gasteiger partial charge in [-0.25, -0.2) is 15.0 Å². The molecule has 16 heteroatoms. The number of nitrogens with zero attached hydrogens (tertiary/aromatic N) is 4. The van der Waals surface area contributed by atoms with Crippen LogP contribution in [0.1, 0.15) is 18.2 Å². The summed E-state index contributed by atoms with van der Waals surface area (Å²) in [4.78, 5) is 43.7. The number of carbonyl (C=O) groups is 3. The molecular weight excluding hydrogens is 548 g/mol. The van der Waals surface area contributed by atoms with Gasteiger partial charge in [0.15, 0.2) is 23.5 Å². The Morgan fingerprint density at radius 1 is 1.15 bits per heavy atom. The molecule has 2 aromatic heterocycles. The molecular formula is C24H30N6O9S. The number of ketones is 1. The number of imidazole rings is 1. The van der Waals surface area contributed by atoms with Crippen LogP contribution in [0, 0.1) is 0 Å². The number of phenols is 1. The molecule has 216 valence electrons. The Morgan fingerprint density at radius 3 is 2.45 bits per heavy atom. The van der Waals surface area contributed by atoms with Gasteiger partial charge in [-0.15, -0.1) is 0 Å². The van der Waals surface area contributed by atoms with Gasteiger partial charge in [0.25, 0.3) is 0 Å². The van der Waals surface area contributed by atoms with E-state index in [0.717, 1.165) is 0 Å². The molecule has 3 heterocycles. The summed E-state index contributed by atoms with van der Waals surface area (Å²) < 4.78 is 7.41. The molecule has 3 aromatic rings. The van der Waals surface area contributed by atoms with Gasteiger partial charge < -0.3 is 46.5 Å². The van der Waals surface area contributed by atoms with Crippen molar-refractivity contribution >= 4 is 45.6 Å². The van der Waals surface area contributed by atoms with E-state index in [9.17, 15) is 29.7 Å². The third kappa shape index (κ3) is 7.64. The zero-order valence-corrected chi connectivity index (χ0v) is 22.2. The van der Waals surface area contributed by atoms with E-state index in [1.54, 1.807) is 0 Å². The van der Waals surface area contributed by atoms with Crippen LogP contribution in [0.4, 0.5) is 5.82 Å². The number of hydrogen-bond acceptors (Lipinski definition) is 13. The zero-order valence-electron chi connectivity index (χ0n) is 21.4. The van der Waals surface area contributed by atoms with E-state index in [1.807, 2.05) is 6.26 Å². The van der Waals surface area contributed by atoms with Gasteiger partial charge >= 0.3 is 5.97 Å². The molecule has 8 N–H and O–H groups in total. The van der Waals surface area contributed by atoms with Crippen molar-refractivity contribution in [3.63, 3.8) is 0 Å². The second kappa shape index (κ2) is 13.5. The molecule has 0 spiro atoms. The highest BCUT2D eigenvalue weighted by Gasteiger charge is 2.46. The van der Waals surface area contributed by atoms with E-state index < -0.39 is 48.3 Å². The van der Waals surface area contributed by atoms with E-state index >= 15 is 0 Å². The Bertz CT molecular complexity index is 1340. The molecule has 0 aliphatic carbocycles. The Hall–Kier alpha value is -3.83. The highest BCUT2D eigenvalue weighted by molar-refractivity contribution is 7.96. The van der Waals surface area contributed by atoms with Gasteiger partial charge in [-0.2, -0.15) is 0 Å². The van der Waals surface area contributed by atoms with Crippen LogP contribution in [-0.2, 0) is 36.4 Å². The molecule has 1 unspecified atom stereocenters. The molecule has 0 amide bonds. The second-order valence-electron chi connectivity index (χ2n) is 9.07. The third-order valence-corrected chi connectivity index (χ3v) is 7.90. The Labute approximate surface area is 230 Å². The van der Waals surface area contributed by atoms with Crippen molar-refractivity contribution < 1.29 is 44.7 Å². The largest absolute Gasteiger partial charge is 0.542 e. The predicted octanol–water partition coefficient (Wildman–Crippen LogP) is -2.67. The first-order valence-electron chi connectivity index (χ1n) is 11.9. The van der Waals surface area contributed by atoms with Crippen LogP contribution in [-0.4, -0.2) is 99.8 Å². The average molecular weight is 579 g/mol. The van der Waals surface area contributed by atoms with Gasteiger partial charge in [-0.05, 0) is 28.6 Å². The minimum Gasteiger partial charge on any atom is -0.542 e. The fourth-order valence-corrected chi connectivity index (χ4v) is 5.50. The molecule has 1 aromatic carbocycles. The van der Waals surface area contributed by atoms with Crippen LogP contribution in [0.15, 0.2) is 36.9 Å². The van der Waals surface area contributed by atoms with Crippen LogP contribution in [0.2, 0.25) is 0 Å². The molecule has 1 aliphatic rings. The van der Waals surface area contributed by atoms with Crippen molar-refractivity contribution in [3.8, 4) is 5.75 Å². The lowest BCUT2D eigenvalue weighted by atomic mass is 10.1. The molecule has 6 atom stereocenters. The minimum absolute atomic E-state index is 0.0737. The van der Waals surface area contributed by atoms with Gasteiger partial charge in [-0.1, -0.05) is 12.1 Å². The highest BCUT2D eigenvalue weighted by Crippen LogP contribution is 2.32. The van der Waals surface area contributed by atoms with Crippen molar-refractivity contribution in [2.24, 2.45) is 5.73 Å². The lowest BCUT2D eigenvalue weighted by Crippen LogP contribution is -2.37. The number of phenolic OH excluding ortho intramolecular Hbond substituents is 1. The number of aliphatic carboxylic acids is 2. The van der Waals surface area contributed by atoms with Crippen LogP contribution in [0.3, 0.4) is 0 Å². The van der Waals surface area contributed by atoms with E-state index in [0.29, 0.717) is 34.7 Å². The SMILES string of the molecule is C[S+](CC[C@H](N)C(=O)O)C[C@H]1O[C@@H](n2cnc3c(N)ncnc32)[C@H](O)[C@@H]1O.O=C([O-])C(=O)Cc1ccc(O)cc1. The van der Waals surface area contributed by atoms with Crippen LogP contribution >= 0.6 is 0 Å². The minimum atomic E-state index is -1.69. The van der Waals surface area contributed by atoms with Gasteiger partial charge in [0.05, 0.1) is 12.6 Å². The lowest BCUT2D eigenvalue weighted by Gasteiger charge is -2.16. The molecule has 0 radical (unpaired) electrons. The first kappa shape index (κ1) is 30.7. The average Bonchev–Trinajstić information content (AvgIpc) is 3.46. The number of rotatable bonds is 10. The molecule has 1 fully saturated rings. The highest BCUT2D eigenvalue weighted by atomic mass is 32.2. The summed E-state index contributed by atoms with van der Waals surface area (Å²) >= 11 is 0. The van der Waals surface area contributed by atoms with Gasteiger partial charge in [-0.3, -0.25) is 14.2 Å². The first-order chi connectivity index (χ1) is 18.9. The fourth-order valence-electron chi connectivity index (χ4n) is 3.84. The van der Waals surface area contributed by atoms with E-state index in [2.05, 4.69) is 15.0 Å². The number of nitrogens with two attached hydrogens (primary N) is 2. The number of fused-ring (bicyclic) bond motifs is 1. The van der Waals surface area contributed by atoms with Crippen LogP contribution < -0.4 is 16.6 Å². The number of aliphatic hydroxyl groups is 2. The number of nitrogen functional groups attached to an aromatic ring is 1. The number of carboxylic acids is 2. The number of Topliss-reactive ketones (excluding diaryl/α,β-unsaturated/α-hetero) is 1. The molecule has 4 rings (SSSR count). The molecule has 1 saturated heterocycles. The topological polar surface area (TPSA) is 260 Å². The van der Waals surface area contributed by atoms with Crippen LogP contribution in [0.5, 0.6) is 5.75 Å². The van der Waals surface area contributed by atoms with Crippen molar-refractivity contribution in [2.75, 3.05) is 23.5 Å². The maximum absolute atomic E-state index is 10.8. The zero-order chi connectivity index (χ0) is 29.6. The number of aromatic hydroxyl groups is 1. The normalized spacial score (nSPS) is 21.8. The quantitative estimate of drug-likeness (QED) is 0.106.